The van der Waals surface area contributed by atoms with E-state index in [2.05, 4.69) is 32.2 Å². The highest BCUT2D eigenvalue weighted by Gasteiger charge is 2.42. The summed E-state index contributed by atoms with van der Waals surface area (Å²) in [5, 5.41) is 3.90. The van der Waals surface area contributed by atoms with E-state index >= 15 is 0 Å². The van der Waals surface area contributed by atoms with Gasteiger partial charge < -0.3 is 5.32 Å². The van der Waals surface area contributed by atoms with Crippen molar-refractivity contribution in [2.75, 3.05) is 6.54 Å². The molecule has 0 saturated heterocycles. The molecule has 1 saturated carbocycles. The smallest absolute Gasteiger partial charge is 0.0336 e. The predicted molar refractivity (Wildman–Crippen MR) is 89.0 cm³/mol. The molecule has 0 bridgehead atoms. The van der Waals surface area contributed by atoms with Crippen molar-refractivity contribution in [3.8, 4) is 0 Å². The van der Waals surface area contributed by atoms with Gasteiger partial charge in [-0.3, -0.25) is 0 Å². The lowest BCUT2D eigenvalue weighted by Crippen LogP contribution is -2.46. The average molecular weight is 277 g/mol. The van der Waals surface area contributed by atoms with Gasteiger partial charge in [0.25, 0.3) is 0 Å². The van der Waals surface area contributed by atoms with Gasteiger partial charge in [-0.2, -0.15) is 0 Å². The Balaban J connectivity index is 2.21. The molecule has 0 aromatic carbocycles. The minimum atomic E-state index is 0.556. The van der Waals surface area contributed by atoms with Crippen LogP contribution in [-0.2, 0) is 0 Å². The first-order valence-corrected chi connectivity index (χ1v) is 9.10. The zero-order valence-corrected chi connectivity index (χ0v) is 14.0. The first-order chi connectivity index (χ1) is 9.68. The summed E-state index contributed by atoms with van der Waals surface area (Å²) in [6.45, 7) is 8.21. The van der Waals surface area contributed by atoms with E-state index < -0.39 is 0 Å². The Labute approximate surface area is 126 Å². The second-order valence-corrected chi connectivity index (χ2v) is 7.54. The Hall–Kier alpha value is -0.300. The molecule has 1 unspecified atom stereocenters. The Kier molecular flexibility index (Phi) is 6.14. The van der Waals surface area contributed by atoms with Crippen molar-refractivity contribution in [1.29, 1.82) is 0 Å². The van der Waals surface area contributed by atoms with E-state index in [1.807, 2.05) is 0 Å². The van der Waals surface area contributed by atoms with Crippen molar-refractivity contribution in [2.24, 2.45) is 11.3 Å². The molecule has 1 N–H and O–H groups in total. The van der Waals surface area contributed by atoms with E-state index in [1.54, 1.807) is 5.57 Å². The van der Waals surface area contributed by atoms with Crippen molar-refractivity contribution in [3.05, 3.63) is 11.6 Å². The van der Waals surface area contributed by atoms with Crippen molar-refractivity contribution in [1.82, 2.24) is 5.32 Å². The summed E-state index contributed by atoms with van der Waals surface area (Å²) >= 11 is 0. The molecule has 0 spiro atoms. The summed E-state index contributed by atoms with van der Waals surface area (Å²) in [6, 6.07) is 0.663. The van der Waals surface area contributed by atoms with Crippen LogP contribution < -0.4 is 5.32 Å². The second kappa shape index (κ2) is 7.64. The van der Waals surface area contributed by atoms with Gasteiger partial charge in [0.15, 0.2) is 0 Å². The van der Waals surface area contributed by atoms with Crippen LogP contribution in [0.1, 0.15) is 85.0 Å². The molecule has 2 aliphatic rings. The zero-order chi connectivity index (χ0) is 14.4. The standard InChI is InChI=1S/C19H35N/c1-4-20-18(17-11-7-5-6-8-12-17)19(15-16(2)3)13-9-10-14-19/h11,16,18,20H,4-10,12-15H2,1-3H3. The predicted octanol–water partition coefficient (Wildman–Crippen LogP) is 5.46. The van der Waals surface area contributed by atoms with E-state index in [4.69, 9.17) is 0 Å². The molecular formula is C19H35N. The normalized spacial score (nSPS) is 24.5. The Morgan fingerprint density at radius 3 is 2.50 bits per heavy atom. The number of rotatable bonds is 6. The third kappa shape index (κ3) is 3.87. The molecule has 1 fully saturated rings. The average Bonchev–Trinajstić information content (AvgIpc) is 2.71. The lowest BCUT2D eigenvalue weighted by atomic mass is 9.69. The third-order valence-electron chi connectivity index (χ3n) is 5.38. The molecular weight excluding hydrogens is 242 g/mol. The van der Waals surface area contributed by atoms with E-state index in [9.17, 15) is 0 Å². The fourth-order valence-electron chi connectivity index (χ4n) is 4.75. The Morgan fingerprint density at radius 1 is 1.10 bits per heavy atom. The monoisotopic (exact) mass is 277 g/mol. The number of likely N-dealkylation sites (N-methyl/N-ethyl adjacent to an activating group) is 1. The van der Waals surface area contributed by atoms with Gasteiger partial charge >= 0.3 is 0 Å². The van der Waals surface area contributed by atoms with Crippen molar-refractivity contribution < 1.29 is 0 Å². The highest BCUT2D eigenvalue weighted by atomic mass is 14.9. The van der Waals surface area contributed by atoms with E-state index in [1.165, 1.54) is 64.2 Å². The number of hydrogen-bond acceptors (Lipinski definition) is 1. The van der Waals surface area contributed by atoms with Crippen LogP contribution in [0.5, 0.6) is 0 Å². The molecule has 0 aliphatic heterocycles. The summed E-state index contributed by atoms with van der Waals surface area (Å²) in [7, 11) is 0. The van der Waals surface area contributed by atoms with Gasteiger partial charge in [0.05, 0.1) is 0 Å². The molecule has 1 atom stereocenters. The minimum absolute atomic E-state index is 0.556. The first kappa shape index (κ1) is 16.1. The van der Waals surface area contributed by atoms with Gasteiger partial charge in [-0.25, -0.2) is 0 Å². The van der Waals surface area contributed by atoms with Gasteiger partial charge in [-0.15, -0.1) is 0 Å². The van der Waals surface area contributed by atoms with Crippen LogP contribution in [-0.4, -0.2) is 12.6 Å². The van der Waals surface area contributed by atoms with Crippen LogP contribution in [0.4, 0.5) is 0 Å². The molecule has 1 heteroatoms. The Bertz CT molecular complexity index is 310. The molecule has 0 radical (unpaired) electrons. The zero-order valence-electron chi connectivity index (χ0n) is 14.0. The SMILES string of the molecule is CCNC(C1=CCCCCC1)C1(CC(C)C)CCCC1. The summed E-state index contributed by atoms with van der Waals surface area (Å²) in [5.41, 5.74) is 2.31. The maximum absolute atomic E-state index is 3.90. The van der Waals surface area contributed by atoms with Crippen LogP contribution in [0.2, 0.25) is 0 Å². The largest absolute Gasteiger partial charge is 0.310 e. The van der Waals surface area contributed by atoms with Gasteiger partial charge in [-0.1, -0.05) is 51.7 Å². The number of nitrogens with one attached hydrogen (secondary N) is 1. The topological polar surface area (TPSA) is 12.0 Å². The van der Waals surface area contributed by atoms with E-state index in [0.29, 0.717) is 11.5 Å². The molecule has 0 heterocycles. The molecule has 1 nitrogen and oxygen atoms in total. The molecule has 20 heavy (non-hydrogen) atoms. The lowest BCUT2D eigenvalue weighted by molar-refractivity contribution is 0.174. The van der Waals surface area contributed by atoms with Crippen LogP contribution >= 0.6 is 0 Å². The summed E-state index contributed by atoms with van der Waals surface area (Å²) in [5.74, 6) is 0.820. The second-order valence-electron chi connectivity index (χ2n) is 7.54. The third-order valence-corrected chi connectivity index (χ3v) is 5.38. The van der Waals surface area contributed by atoms with Gasteiger partial charge in [-0.05, 0) is 62.8 Å². The lowest BCUT2D eigenvalue weighted by Gasteiger charge is -2.41. The fourth-order valence-corrected chi connectivity index (χ4v) is 4.75. The van der Waals surface area contributed by atoms with Crippen molar-refractivity contribution >= 4 is 0 Å². The molecule has 2 aliphatic carbocycles. The summed E-state index contributed by atoms with van der Waals surface area (Å²) in [6.07, 6.45) is 16.7. The number of hydrogen-bond donors (Lipinski definition) is 1. The summed E-state index contributed by atoms with van der Waals surface area (Å²) < 4.78 is 0. The minimum Gasteiger partial charge on any atom is -0.310 e. The van der Waals surface area contributed by atoms with E-state index in [-0.39, 0.29) is 0 Å². The first-order valence-electron chi connectivity index (χ1n) is 9.10. The van der Waals surface area contributed by atoms with Crippen LogP contribution in [0.15, 0.2) is 11.6 Å². The molecule has 0 aromatic heterocycles. The van der Waals surface area contributed by atoms with Crippen LogP contribution in [0.25, 0.3) is 0 Å². The van der Waals surface area contributed by atoms with Gasteiger partial charge in [0, 0.05) is 6.04 Å². The van der Waals surface area contributed by atoms with Crippen molar-refractivity contribution in [2.45, 2.75) is 91.0 Å². The van der Waals surface area contributed by atoms with Crippen LogP contribution in [0, 0.1) is 11.3 Å². The highest BCUT2D eigenvalue weighted by molar-refractivity contribution is 5.18. The Morgan fingerprint density at radius 2 is 1.85 bits per heavy atom. The van der Waals surface area contributed by atoms with Crippen molar-refractivity contribution in [3.63, 3.8) is 0 Å². The van der Waals surface area contributed by atoms with Gasteiger partial charge in [0.2, 0.25) is 0 Å². The molecule has 2 rings (SSSR count). The molecule has 0 aromatic rings. The maximum atomic E-state index is 3.90. The number of allylic oxidation sites excluding steroid dienone is 1. The van der Waals surface area contributed by atoms with Gasteiger partial charge in [0.1, 0.15) is 0 Å². The van der Waals surface area contributed by atoms with Crippen LogP contribution in [0.3, 0.4) is 0 Å². The molecule has 0 amide bonds. The fraction of sp³-hybridized carbons (Fsp3) is 0.895. The quantitative estimate of drug-likeness (QED) is 0.635. The van der Waals surface area contributed by atoms with E-state index in [0.717, 1.165) is 12.5 Å². The molecule has 116 valence electrons. The maximum Gasteiger partial charge on any atom is 0.0336 e. The highest BCUT2D eigenvalue weighted by Crippen LogP contribution is 2.48. The summed E-state index contributed by atoms with van der Waals surface area (Å²) in [4.78, 5) is 0.